The monoisotopic (exact) mass is 1400 g/mol. The number of aliphatic carboxylic acids is 1. The Hall–Kier alpha value is -8.97. The van der Waals surface area contributed by atoms with Gasteiger partial charge in [0.2, 0.25) is 35.4 Å². The van der Waals surface area contributed by atoms with E-state index in [1.807, 2.05) is 0 Å². The molecule has 91 heavy (non-hydrogen) atoms. The van der Waals surface area contributed by atoms with Gasteiger partial charge >= 0.3 is 42.9 Å². The topological polar surface area (TPSA) is 473 Å². The number of aromatic nitrogens is 8. The quantitative estimate of drug-likeness (QED) is 0.0264. The first-order chi connectivity index (χ1) is 42.5. The number of aryl methyl sites for hydroxylation is 1. The number of nitrogens with two attached hydrogens (primary N) is 1. The number of anilines is 2. The molecule has 2 atom stereocenters. The summed E-state index contributed by atoms with van der Waals surface area (Å²) in [5, 5.41) is 25.4. The average Bonchev–Trinajstić information content (AvgIpc) is 1.77. The number of halogens is 6. The molecule has 1 aliphatic heterocycles. The van der Waals surface area contributed by atoms with Crippen LogP contribution in [-0.2, 0) is 52.2 Å². The van der Waals surface area contributed by atoms with Gasteiger partial charge in [0.15, 0.2) is 22.2 Å². The summed E-state index contributed by atoms with van der Waals surface area (Å²) in [5.74, 6) is -2.61. The Balaban J connectivity index is 0.000000271. The van der Waals surface area contributed by atoms with Crippen molar-refractivity contribution in [3.8, 4) is 47.3 Å². The Morgan fingerprint density at radius 3 is 1.85 bits per heavy atom. The highest BCUT2D eigenvalue weighted by molar-refractivity contribution is 7.93. The van der Waals surface area contributed by atoms with E-state index in [4.69, 9.17) is 64.7 Å². The molecule has 494 valence electrons. The van der Waals surface area contributed by atoms with Gasteiger partial charge in [-0.05, 0) is 49.6 Å². The van der Waals surface area contributed by atoms with Crippen LogP contribution in [0.1, 0.15) is 42.4 Å². The number of ether oxygens (including phenoxy) is 5. The minimum atomic E-state index is -4.71. The SMILES string of the molecule is C#CCOc1cc(-n2nc3n(c2=O)CCCC3)c(Cl)cc1Cl.CCS(=O)(=O)c1cccnc1S(=O)(=O)NC(=O)Nc1nc(OC)cc(OC)n1.CP(=O)(O)CCC(N)C(=O)O.O=C(Nc1nc(OC(F)F)cc(OC(F)F)n1)NS(=O)(=O)c1ccccc1C(=O)O. The predicted molar refractivity (Wildman–Crippen MR) is 310 cm³/mol. The average molecular weight is 1410 g/mol. The number of hydrogen-bond acceptors (Lipinski definition) is 24. The number of urea groups is 2. The summed E-state index contributed by atoms with van der Waals surface area (Å²) in [7, 11) is -13.7. The Bertz CT molecular complexity index is 4080. The van der Waals surface area contributed by atoms with Crippen molar-refractivity contribution in [2.24, 2.45) is 5.73 Å². The van der Waals surface area contributed by atoms with Crippen LogP contribution in [0.15, 0.2) is 86.5 Å². The summed E-state index contributed by atoms with van der Waals surface area (Å²) >= 11 is 12.3. The van der Waals surface area contributed by atoms with Crippen molar-refractivity contribution in [2.75, 3.05) is 50.0 Å². The molecule has 0 spiro atoms. The van der Waals surface area contributed by atoms with Gasteiger partial charge in [-0.1, -0.05) is 48.2 Å². The zero-order valence-electron chi connectivity index (χ0n) is 47.2. The summed E-state index contributed by atoms with van der Waals surface area (Å²) in [6.45, 7) is -3.52. The van der Waals surface area contributed by atoms with E-state index in [0.29, 0.717) is 34.1 Å². The zero-order chi connectivity index (χ0) is 68.2. The second kappa shape index (κ2) is 33.2. The Morgan fingerprint density at radius 2 is 1.34 bits per heavy atom. The van der Waals surface area contributed by atoms with Crippen molar-refractivity contribution < 1.29 is 105 Å². The minimum absolute atomic E-state index is 0.0412. The summed E-state index contributed by atoms with van der Waals surface area (Å²) < 4.78 is 163. The van der Waals surface area contributed by atoms with Crippen molar-refractivity contribution in [2.45, 2.75) is 73.2 Å². The van der Waals surface area contributed by atoms with Crippen molar-refractivity contribution in [3.63, 3.8) is 0 Å². The summed E-state index contributed by atoms with van der Waals surface area (Å²) in [6.07, 6.45) is 9.07. The van der Waals surface area contributed by atoms with E-state index in [0.717, 1.165) is 49.5 Å². The lowest BCUT2D eigenvalue weighted by Crippen LogP contribution is -2.36. The molecular weight excluding hydrogens is 1350 g/mol. The van der Waals surface area contributed by atoms with E-state index in [-0.39, 0.29) is 48.3 Å². The lowest BCUT2D eigenvalue weighted by Gasteiger charge is -2.11. The van der Waals surface area contributed by atoms with Gasteiger partial charge in [0, 0.05) is 38.1 Å². The number of sulfonamides is 2. The van der Waals surface area contributed by atoms with E-state index in [1.165, 1.54) is 67.5 Å². The molecule has 0 saturated heterocycles. The van der Waals surface area contributed by atoms with Crippen molar-refractivity contribution in [3.05, 3.63) is 98.8 Å². The van der Waals surface area contributed by atoms with Crippen molar-refractivity contribution in [1.29, 1.82) is 0 Å². The molecular formula is C48H52Cl2F4N13O20PS3. The van der Waals surface area contributed by atoms with E-state index in [9.17, 15) is 71.4 Å². The lowest BCUT2D eigenvalue weighted by molar-refractivity contribution is -0.138. The van der Waals surface area contributed by atoms with Crippen molar-refractivity contribution >= 4 is 96.4 Å². The first kappa shape index (κ1) is 74.5. The highest BCUT2D eigenvalue weighted by Crippen LogP contribution is 2.36. The first-order valence-corrected chi connectivity index (χ1v) is 32.7. The predicted octanol–water partition coefficient (Wildman–Crippen LogP) is 4.46. The number of hydrogen-bond donors (Lipinski definition) is 8. The van der Waals surface area contributed by atoms with Crippen LogP contribution in [0.5, 0.6) is 29.3 Å². The second-order valence-electron chi connectivity index (χ2n) is 17.5. The highest BCUT2D eigenvalue weighted by atomic mass is 35.5. The molecule has 2 aromatic carbocycles. The fraction of sp³-hybridized carbons (Fsp3) is 0.312. The molecule has 9 N–H and O–H groups in total. The zero-order valence-corrected chi connectivity index (χ0v) is 52.0. The number of aromatic carboxylic acids is 1. The molecule has 2 unspecified atom stereocenters. The molecule has 4 aromatic heterocycles. The van der Waals surface area contributed by atoms with E-state index in [2.05, 4.69) is 50.7 Å². The van der Waals surface area contributed by atoms with Gasteiger partial charge in [-0.3, -0.25) is 24.6 Å². The number of alkyl halides is 4. The summed E-state index contributed by atoms with van der Waals surface area (Å²) in [4.78, 5) is 83.0. The molecule has 7 rings (SSSR count). The third kappa shape index (κ3) is 22.8. The normalized spacial score (nSPS) is 12.8. The lowest BCUT2D eigenvalue weighted by atomic mass is 10.2. The van der Waals surface area contributed by atoms with Crippen molar-refractivity contribution in [1.82, 2.24) is 48.7 Å². The van der Waals surface area contributed by atoms with Crippen LogP contribution in [0.25, 0.3) is 5.69 Å². The molecule has 1 aliphatic rings. The van der Waals surface area contributed by atoms with Gasteiger partial charge in [-0.15, -0.1) is 11.5 Å². The van der Waals surface area contributed by atoms with Crippen LogP contribution in [0.2, 0.25) is 10.0 Å². The standard InChI is InChI=1S/C15H13Cl2N3O2.C14H10F4N4O7S.C14H17N5O7S2.C5H12NO4P/c1-2-7-22-13-9-12(10(16)8-11(13)17)20-15(21)19-6-4-3-5-14(19)18-20;15-11(16)28-8-5-9(29-12(17)18)20-13(19-8)21-14(25)22-30(26,27)7-4-2-1-3-6(7)10(23)24;1-4-27(21,22)9-6-5-7-15-12(9)28(23,24)19-14(20)18-13-16-10(25-2)8-11(17-13)26-3;1-11(9,10)3-2-4(6)5(7)8/h1,8-9H,3-7H2;1-5,11-12H,(H,23,24)(H2,19,20,21,22,25);5-8H,4H2,1-3H3,(H2,16,17,18,19,20);4H,2-3,6H2,1H3,(H,7,8)(H,9,10). The smallest absolute Gasteiger partial charge is 0.388 e. The number of terminal acetylenes is 1. The minimum Gasteiger partial charge on any atom is -0.481 e. The van der Waals surface area contributed by atoms with Crippen LogP contribution >= 0.6 is 30.6 Å². The van der Waals surface area contributed by atoms with Crippen LogP contribution < -0.4 is 55.2 Å². The molecule has 0 saturated carbocycles. The number of nitrogens with one attached hydrogen (secondary N) is 4. The molecule has 6 aromatic rings. The summed E-state index contributed by atoms with van der Waals surface area (Å²) in [5.41, 5.74) is 4.68. The molecule has 4 amide bonds. The third-order valence-corrected chi connectivity index (χ3v) is 17.2. The van der Waals surface area contributed by atoms with E-state index >= 15 is 0 Å². The van der Waals surface area contributed by atoms with Gasteiger partial charge in [-0.25, -0.2) is 50.4 Å². The third-order valence-electron chi connectivity index (χ3n) is 10.9. The van der Waals surface area contributed by atoms with Crippen LogP contribution in [-0.4, -0.2) is 162 Å². The molecule has 33 nitrogen and oxygen atoms in total. The number of amides is 4. The van der Waals surface area contributed by atoms with Gasteiger partial charge in [0.05, 0.1) is 53.4 Å². The number of pyridine rings is 1. The van der Waals surface area contributed by atoms with Crippen LogP contribution in [0.3, 0.4) is 0 Å². The Morgan fingerprint density at radius 1 is 0.802 bits per heavy atom. The fourth-order valence-corrected chi connectivity index (χ4v) is 11.8. The summed E-state index contributed by atoms with van der Waals surface area (Å²) in [6, 6.07) is 7.78. The van der Waals surface area contributed by atoms with Gasteiger partial charge in [-0.2, -0.15) is 50.6 Å². The first-order valence-electron chi connectivity index (χ1n) is 25.0. The number of rotatable bonds is 22. The van der Waals surface area contributed by atoms with Crippen LogP contribution in [0.4, 0.5) is 39.0 Å². The number of nitrogens with zero attached hydrogens (tertiary/aromatic N) is 8. The largest absolute Gasteiger partial charge is 0.481 e. The number of carbonyl (C=O) groups is 4. The molecule has 0 bridgehead atoms. The van der Waals surface area contributed by atoms with Gasteiger partial charge in [0.1, 0.15) is 34.0 Å². The van der Waals surface area contributed by atoms with Gasteiger partial charge in [0.25, 0.3) is 20.0 Å². The number of benzene rings is 2. The van der Waals surface area contributed by atoms with E-state index < -0.39 is 119 Å². The maximum atomic E-state index is 12.5. The number of carboxylic acid groups (broad SMARTS) is 2. The molecule has 0 aliphatic carbocycles. The molecule has 0 radical (unpaired) electrons. The maximum absolute atomic E-state index is 12.5. The Kier molecular flexibility index (Phi) is 27.2. The number of methoxy groups -OCH3 is 2. The number of sulfone groups is 1. The maximum Gasteiger partial charge on any atom is 0.388 e. The second-order valence-corrected chi connectivity index (χ2v) is 26.3. The van der Waals surface area contributed by atoms with Crippen LogP contribution in [0, 0.1) is 12.3 Å². The van der Waals surface area contributed by atoms with E-state index in [1.54, 1.807) is 20.7 Å². The molecule has 5 heterocycles. The number of carboxylic acids is 2. The Labute approximate surface area is 523 Å². The fourth-order valence-electron chi connectivity index (χ4n) is 6.85. The highest BCUT2D eigenvalue weighted by Gasteiger charge is 2.30. The molecule has 43 heteroatoms. The van der Waals surface area contributed by atoms with Gasteiger partial charge < -0.3 is 44.5 Å². The number of fused-ring (bicyclic) bond motifs is 1. The number of carbonyl (C=O) groups excluding carboxylic acids is 2. The molecule has 0 fully saturated rings.